The van der Waals surface area contributed by atoms with Crippen LogP contribution in [0.5, 0.6) is 0 Å². The summed E-state index contributed by atoms with van der Waals surface area (Å²) in [5.74, 6) is 0.0777. The Morgan fingerprint density at radius 2 is 1.90 bits per heavy atom. The predicted octanol–water partition coefficient (Wildman–Crippen LogP) is 1.67. The van der Waals surface area contributed by atoms with Crippen molar-refractivity contribution < 1.29 is 14.1 Å². The van der Waals surface area contributed by atoms with E-state index in [0.29, 0.717) is 6.54 Å². The van der Waals surface area contributed by atoms with Gasteiger partial charge in [0.1, 0.15) is 0 Å². The van der Waals surface area contributed by atoms with Crippen LogP contribution < -0.4 is 0 Å². The molecule has 3 atom stereocenters. The SMILES string of the molecule is CC1=C[C@H](C)[C@@H]2C(=O)N(CCC[N+](C)(C)C)C(=O)[C@H]2C1. The summed E-state index contributed by atoms with van der Waals surface area (Å²) in [6, 6.07) is 0. The zero-order valence-electron chi connectivity index (χ0n) is 13.3. The number of quaternary nitrogens is 1. The maximum atomic E-state index is 12.5. The molecule has 0 aromatic heterocycles. The molecule has 2 rings (SSSR count). The fourth-order valence-electron chi connectivity index (χ4n) is 3.51. The fourth-order valence-corrected chi connectivity index (χ4v) is 3.51. The van der Waals surface area contributed by atoms with E-state index in [-0.39, 0.29) is 29.6 Å². The number of hydrogen-bond donors (Lipinski definition) is 0. The lowest BCUT2D eigenvalue weighted by Gasteiger charge is -2.25. The Morgan fingerprint density at radius 3 is 2.50 bits per heavy atom. The van der Waals surface area contributed by atoms with E-state index in [1.807, 2.05) is 0 Å². The first-order chi connectivity index (χ1) is 9.20. The van der Waals surface area contributed by atoms with Gasteiger partial charge in [-0.25, -0.2) is 0 Å². The predicted molar refractivity (Wildman–Crippen MR) is 78.8 cm³/mol. The molecule has 0 radical (unpaired) electrons. The molecule has 0 N–H and O–H groups in total. The van der Waals surface area contributed by atoms with Crippen LogP contribution in [0.4, 0.5) is 0 Å². The lowest BCUT2D eigenvalue weighted by molar-refractivity contribution is -0.870. The molecule has 0 aromatic rings. The van der Waals surface area contributed by atoms with Gasteiger partial charge in [-0.05, 0) is 19.3 Å². The fraction of sp³-hybridized carbons (Fsp3) is 0.750. The second-order valence-electron chi connectivity index (χ2n) is 7.40. The largest absolute Gasteiger partial charge is 0.331 e. The molecule has 0 unspecified atom stereocenters. The van der Waals surface area contributed by atoms with E-state index in [2.05, 4.69) is 41.1 Å². The normalized spacial score (nSPS) is 30.6. The van der Waals surface area contributed by atoms with Crippen LogP contribution in [0.25, 0.3) is 0 Å². The average molecular weight is 279 g/mol. The number of likely N-dealkylation sites (tertiary alicyclic amines) is 1. The van der Waals surface area contributed by atoms with Crippen molar-refractivity contribution in [1.82, 2.24) is 4.90 Å². The first-order valence-electron chi connectivity index (χ1n) is 7.53. The van der Waals surface area contributed by atoms with Crippen LogP contribution in [0.3, 0.4) is 0 Å². The molecule has 2 aliphatic rings. The number of amides is 2. The van der Waals surface area contributed by atoms with Crippen LogP contribution in [0.2, 0.25) is 0 Å². The Hall–Kier alpha value is -1.16. The molecule has 4 nitrogen and oxygen atoms in total. The van der Waals surface area contributed by atoms with Crippen molar-refractivity contribution in [3.8, 4) is 0 Å². The Kier molecular flexibility index (Phi) is 4.05. The summed E-state index contributed by atoms with van der Waals surface area (Å²) in [6.45, 7) is 5.66. The minimum absolute atomic E-state index is 0.0534. The van der Waals surface area contributed by atoms with Gasteiger partial charge >= 0.3 is 0 Å². The number of carbonyl (C=O) groups is 2. The van der Waals surface area contributed by atoms with Crippen LogP contribution in [-0.4, -0.2) is 55.4 Å². The smallest absolute Gasteiger partial charge is 0.233 e. The second kappa shape index (κ2) is 5.32. The van der Waals surface area contributed by atoms with Crippen molar-refractivity contribution >= 4 is 11.8 Å². The van der Waals surface area contributed by atoms with Crippen LogP contribution in [0.1, 0.15) is 26.7 Å². The summed E-state index contributed by atoms with van der Waals surface area (Å²) in [7, 11) is 6.38. The molecule has 0 bridgehead atoms. The maximum Gasteiger partial charge on any atom is 0.233 e. The summed E-state index contributed by atoms with van der Waals surface area (Å²) in [6.07, 6.45) is 3.79. The first-order valence-corrected chi connectivity index (χ1v) is 7.53. The Balaban J connectivity index is 2.04. The van der Waals surface area contributed by atoms with Gasteiger partial charge in [0, 0.05) is 13.0 Å². The van der Waals surface area contributed by atoms with Gasteiger partial charge in [0.2, 0.25) is 11.8 Å². The summed E-state index contributed by atoms with van der Waals surface area (Å²) < 4.78 is 0.861. The van der Waals surface area contributed by atoms with Gasteiger partial charge in [-0.3, -0.25) is 14.5 Å². The standard InChI is InChI=1S/C16H27N2O2/c1-11-9-12(2)14-13(10-11)15(19)17(16(14)20)7-6-8-18(3,4)5/h9,12-14H,6-8,10H2,1-5H3/q+1/t12-,13-,14-/m0/s1. The topological polar surface area (TPSA) is 37.4 Å². The zero-order chi connectivity index (χ0) is 15.1. The van der Waals surface area contributed by atoms with Gasteiger partial charge in [0.15, 0.2) is 0 Å². The highest BCUT2D eigenvalue weighted by Crippen LogP contribution is 2.40. The highest BCUT2D eigenvalue weighted by Gasteiger charge is 2.50. The first kappa shape index (κ1) is 15.2. The van der Waals surface area contributed by atoms with Crippen molar-refractivity contribution in [2.45, 2.75) is 26.7 Å². The molecular weight excluding hydrogens is 252 g/mol. The molecule has 1 aliphatic heterocycles. The minimum atomic E-state index is -0.115. The number of rotatable bonds is 4. The minimum Gasteiger partial charge on any atom is -0.331 e. The van der Waals surface area contributed by atoms with Crippen molar-refractivity contribution in [2.75, 3.05) is 34.2 Å². The number of nitrogens with zero attached hydrogens (tertiary/aromatic N) is 2. The number of fused-ring (bicyclic) bond motifs is 1. The molecule has 4 heteroatoms. The van der Waals surface area contributed by atoms with Crippen molar-refractivity contribution in [2.24, 2.45) is 17.8 Å². The Labute approximate surface area is 122 Å². The molecule has 20 heavy (non-hydrogen) atoms. The number of carbonyl (C=O) groups excluding carboxylic acids is 2. The molecule has 1 saturated heterocycles. The second-order valence-corrected chi connectivity index (χ2v) is 7.40. The molecule has 0 saturated carbocycles. The van der Waals surface area contributed by atoms with Crippen LogP contribution in [0.15, 0.2) is 11.6 Å². The highest BCUT2D eigenvalue weighted by atomic mass is 16.2. The van der Waals surface area contributed by atoms with E-state index >= 15 is 0 Å². The maximum absolute atomic E-state index is 12.5. The zero-order valence-corrected chi connectivity index (χ0v) is 13.3. The van der Waals surface area contributed by atoms with E-state index in [1.165, 1.54) is 10.5 Å². The van der Waals surface area contributed by atoms with E-state index in [1.54, 1.807) is 0 Å². The van der Waals surface area contributed by atoms with E-state index in [9.17, 15) is 9.59 Å². The van der Waals surface area contributed by atoms with Crippen LogP contribution in [0, 0.1) is 17.8 Å². The molecule has 1 fully saturated rings. The van der Waals surface area contributed by atoms with Gasteiger partial charge in [-0.15, -0.1) is 0 Å². The highest BCUT2D eigenvalue weighted by molar-refractivity contribution is 6.05. The number of hydrogen-bond acceptors (Lipinski definition) is 2. The molecule has 1 heterocycles. The molecule has 0 spiro atoms. The van der Waals surface area contributed by atoms with E-state index < -0.39 is 0 Å². The van der Waals surface area contributed by atoms with Gasteiger partial charge < -0.3 is 4.48 Å². The third kappa shape index (κ3) is 2.95. The van der Waals surface area contributed by atoms with Gasteiger partial charge in [0.25, 0.3) is 0 Å². The summed E-state index contributed by atoms with van der Waals surface area (Å²) in [5, 5.41) is 0. The van der Waals surface area contributed by atoms with Crippen LogP contribution in [-0.2, 0) is 9.59 Å². The molecule has 2 amide bonds. The summed E-state index contributed by atoms with van der Waals surface area (Å²) >= 11 is 0. The van der Waals surface area contributed by atoms with Crippen LogP contribution >= 0.6 is 0 Å². The summed E-state index contributed by atoms with van der Waals surface area (Å²) in [5.41, 5.74) is 1.24. The molecule has 0 aromatic carbocycles. The van der Waals surface area contributed by atoms with Gasteiger partial charge in [0.05, 0.1) is 39.5 Å². The van der Waals surface area contributed by atoms with Gasteiger partial charge in [-0.1, -0.05) is 18.6 Å². The lowest BCUT2D eigenvalue weighted by Crippen LogP contribution is -2.39. The molecule has 1 aliphatic carbocycles. The summed E-state index contributed by atoms with van der Waals surface area (Å²) in [4.78, 5) is 26.5. The van der Waals surface area contributed by atoms with Crippen molar-refractivity contribution in [3.63, 3.8) is 0 Å². The third-order valence-electron chi connectivity index (χ3n) is 4.43. The van der Waals surface area contributed by atoms with Crippen molar-refractivity contribution in [3.05, 3.63) is 11.6 Å². The average Bonchev–Trinajstić information content (AvgIpc) is 2.52. The quantitative estimate of drug-likeness (QED) is 0.446. The molecular formula is C16H27N2O2+. The molecule has 112 valence electrons. The van der Waals surface area contributed by atoms with Gasteiger partial charge in [-0.2, -0.15) is 0 Å². The number of allylic oxidation sites excluding steroid dienone is 2. The monoisotopic (exact) mass is 279 g/mol. The van der Waals surface area contributed by atoms with Crippen molar-refractivity contribution in [1.29, 1.82) is 0 Å². The Morgan fingerprint density at radius 1 is 1.25 bits per heavy atom. The Bertz CT molecular complexity index is 448. The van der Waals surface area contributed by atoms with E-state index in [0.717, 1.165) is 23.9 Å². The number of imide groups is 1. The van der Waals surface area contributed by atoms with E-state index in [4.69, 9.17) is 0 Å². The lowest BCUT2D eigenvalue weighted by atomic mass is 9.76. The third-order valence-corrected chi connectivity index (χ3v) is 4.43.